The molecule has 1 amide bonds. The Morgan fingerprint density at radius 3 is 2.71 bits per heavy atom. The molecule has 2 aromatic carbocycles. The Labute approximate surface area is 121 Å². The van der Waals surface area contributed by atoms with Gasteiger partial charge in [-0.3, -0.25) is 9.89 Å². The van der Waals surface area contributed by atoms with Gasteiger partial charge < -0.3 is 10.4 Å². The number of para-hydroxylation sites is 1. The predicted molar refractivity (Wildman–Crippen MR) is 80.1 cm³/mol. The zero-order chi connectivity index (χ0) is 14.7. The van der Waals surface area contributed by atoms with Gasteiger partial charge in [-0.15, -0.1) is 0 Å². The number of nitrogens with one attached hydrogen (secondary N) is 2. The molecule has 0 fully saturated rings. The summed E-state index contributed by atoms with van der Waals surface area (Å²) >= 11 is 0. The first kappa shape index (κ1) is 12.9. The van der Waals surface area contributed by atoms with E-state index < -0.39 is 0 Å². The van der Waals surface area contributed by atoms with Crippen LogP contribution in [0.25, 0.3) is 11.3 Å². The van der Waals surface area contributed by atoms with Crippen LogP contribution in [0.3, 0.4) is 0 Å². The highest BCUT2D eigenvalue weighted by Crippen LogP contribution is 2.22. The number of phenols is 1. The number of aromatic hydroxyl groups is 1. The Balaban J connectivity index is 1.84. The number of hydrogen-bond donors (Lipinski definition) is 3. The lowest BCUT2D eigenvalue weighted by molar-refractivity contribution is 0.102. The third kappa shape index (κ3) is 2.76. The van der Waals surface area contributed by atoms with E-state index in [2.05, 4.69) is 15.5 Å². The number of benzene rings is 2. The van der Waals surface area contributed by atoms with Gasteiger partial charge in [0.2, 0.25) is 0 Å². The van der Waals surface area contributed by atoms with Crippen LogP contribution in [0.5, 0.6) is 5.75 Å². The number of phenolic OH excluding ortho intramolecular Hbond substituents is 1. The molecule has 0 radical (unpaired) electrons. The number of aromatic nitrogens is 2. The summed E-state index contributed by atoms with van der Waals surface area (Å²) in [4.78, 5) is 12.1. The molecule has 3 N–H and O–H groups in total. The van der Waals surface area contributed by atoms with Crippen molar-refractivity contribution in [1.29, 1.82) is 0 Å². The molecule has 0 saturated heterocycles. The maximum Gasteiger partial charge on any atom is 0.259 e. The van der Waals surface area contributed by atoms with E-state index in [4.69, 9.17) is 0 Å². The molecular formula is C16H13N3O2. The average Bonchev–Trinajstić information content (AvgIpc) is 3.02. The van der Waals surface area contributed by atoms with Crippen molar-refractivity contribution in [3.8, 4) is 17.0 Å². The minimum Gasteiger partial charge on any atom is -0.507 e. The van der Waals surface area contributed by atoms with E-state index in [1.165, 1.54) is 6.07 Å². The Morgan fingerprint density at radius 2 is 1.95 bits per heavy atom. The van der Waals surface area contributed by atoms with Gasteiger partial charge in [0.15, 0.2) is 0 Å². The second-order valence-corrected chi connectivity index (χ2v) is 4.52. The summed E-state index contributed by atoms with van der Waals surface area (Å²) in [5.41, 5.74) is 2.68. The molecule has 5 heteroatoms. The van der Waals surface area contributed by atoms with Crippen molar-refractivity contribution in [1.82, 2.24) is 10.2 Å². The fourth-order valence-electron chi connectivity index (χ4n) is 2.05. The maximum atomic E-state index is 12.1. The quantitative estimate of drug-likeness (QED) is 0.689. The largest absolute Gasteiger partial charge is 0.507 e. The van der Waals surface area contributed by atoms with Crippen molar-refractivity contribution in [2.45, 2.75) is 0 Å². The standard InChI is InChI=1S/C16H13N3O2/c20-15-7-2-1-6-13(15)16(21)18-12-5-3-4-11(10-12)14-8-9-17-19-14/h1-10,20H,(H,17,19)(H,18,21). The van der Waals surface area contributed by atoms with Crippen LogP contribution in [-0.2, 0) is 0 Å². The van der Waals surface area contributed by atoms with E-state index in [9.17, 15) is 9.90 Å². The molecule has 0 atom stereocenters. The first-order chi connectivity index (χ1) is 10.2. The summed E-state index contributed by atoms with van der Waals surface area (Å²) in [6.45, 7) is 0. The molecule has 1 heterocycles. The second kappa shape index (κ2) is 5.50. The highest BCUT2D eigenvalue weighted by Gasteiger charge is 2.10. The van der Waals surface area contributed by atoms with Crippen molar-refractivity contribution in [2.24, 2.45) is 0 Å². The first-order valence-corrected chi connectivity index (χ1v) is 6.43. The van der Waals surface area contributed by atoms with Crippen LogP contribution in [0.15, 0.2) is 60.8 Å². The molecule has 0 aliphatic rings. The monoisotopic (exact) mass is 279 g/mol. The van der Waals surface area contributed by atoms with Gasteiger partial charge in [0, 0.05) is 17.4 Å². The van der Waals surface area contributed by atoms with Crippen LogP contribution in [0.4, 0.5) is 5.69 Å². The molecule has 5 nitrogen and oxygen atoms in total. The highest BCUT2D eigenvalue weighted by atomic mass is 16.3. The first-order valence-electron chi connectivity index (χ1n) is 6.43. The van der Waals surface area contributed by atoms with Crippen LogP contribution in [0, 0.1) is 0 Å². The molecule has 104 valence electrons. The van der Waals surface area contributed by atoms with Gasteiger partial charge in [-0.1, -0.05) is 24.3 Å². The van der Waals surface area contributed by atoms with E-state index in [0.29, 0.717) is 5.69 Å². The SMILES string of the molecule is O=C(Nc1cccc(-c2ccn[nH]2)c1)c1ccccc1O. The fraction of sp³-hybridized carbons (Fsp3) is 0. The van der Waals surface area contributed by atoms with Crippen LogP contribution in [0.2, 0.25) is 0 Å². The molecule has 3 rings (SSSR count). The third-order valence-electron chi connectivity index (χ3n) is 3.08. The summed E-state index contributed by atoms with van der Waals surface area (Å²) < 4.78 is 0. The van der Waals surface area contributed by atoms with E-state index >= 15 is 0 Å². The number of anilines is 1. The van der Waals surface area contributed by atoms with Crippen molar-refractivity contribution in [3.63, 3.8) is 0 Å². The Kier molecular flexibility index (Phi) is 3.39. The van der Waals surface area contributed by atoms with Crippen LogP contribution < -0.4 is 5.32 Å². The number of carbonyl (C=O) groups excluding carboxylic acids is 1. The maximum absolute atomic E-state index is 12.1. The number of aromatic amines is 1. The second-order valence-electron chi connectivity index (χ2n) is 4.52. The summed E-state index contributed by atoms with van der Waals surface area (Å²) in [6, 6.07) is 15.7. The lowest BCUT2D eigenvalue weighted by atomic mass is 10.1. The van der Waals surface area contributed by atoms with E-state index in [0.717, 1.165) is 11.3 Å². The zero-order valence-corrected chi connectivity index (χ0v) is 11.1. The molecule has 0 saturated carbocycles. The lowest BCUT2D eigenvalue weighted by Crippen LogP contribution is -2.11. The molecule has 1 aromatic heterocycles. The van der Waals surface area contributed by atoms with Crippen LogP contribution in [-0.4, -0.2) is 21.2 Å². The number of hydrogen-bond acceptors (Lipinski definition) is 3. The summed E-state index contributed by atoms with van der Waals surface area (Å²) in [5.74, 6) is -0.394. The molecule has 0 bridgehead atoms. The lowest BCUT2D eigenvalue weighted by Gasteiger charge is -2.08. The molecule has 0 aliphatic heterocycles. The normalized spacial score (nSPS) is 10.3. The summed E-state index contributed by atoms with van der Waals surface area (Å²) in [6.07, 6.45) is 1.67. The third-order valence-corrected chi connectivity index (χ3v) is 3.08. The number of carbonyl (C=O) groups is 1. The zero-order valence-electron chi connectivity index (χ0n) is 11.1. The molecule has 21 heavy (non-hydrogen) atoms. The van der Waals surface area contributed by atoms with Crippen LogP contribution in [0.1, 0.15) is 10.4 Å². The summed E-state index contributed by atoms with van der Waals surface area (Å²) in [7, 11) is 0. The summed E-state index contributed by atoms with van der Waals surface area (Å²) in [5, 5.41) is 19.2. The molecule has 0 aliphatic carbocycles. The number of H-pyrrole nitrogens is 1. The van der Waals surface area contributed by atoms with Gasteiger partial charge in [0.05, 0.1) is 11.3 Å². The van der Waals surface area contributed by atoms with Gasteiger partial charge in [0.1, 0.15) is 5.75 Å². The average molecular weight is 279 g/mol. The van der Waals surface area contributed by atoms with Gasteiger partial charge in [-0.25, -0.2) is 0 Å². The van der Waals surface area contributed by atoms with E-state index in [1.54, 1.807) is 30.5 Å². The number of nitrogens with zero attached hydrogens (tertiary/aromatic N) is 1. The van der Waals surface area contributed by atoms with Gasteiger partial charge in [-0.05, 0) is 30.3 Å². The Hall–Kier alpha value is -3.08. The molecule has 0 unspecified atom stereocenters. The van der Waals surface area contributed by atoms with E-state index in [1.807, 2.05) is 24.3 Å². The molecule has 3 aromatic rings. The molecular weight excluding hydrogens is 266 g/mol. The number of amides is 1. The van der Waals surface area contributed by atoms with Crippen molar-refractivity contribution < 1.29 is 9.90 Å². The van der Waals surface area contributed by atoms with Gasteiger partial charge >= 0.3 is 0 Å². The highest BCUT2D eigenvalue weighted by molar-refractivity contribution is 6.06. The Bertz CT molecular complexity index is 767. The van der Waals surface area contributed by atoms with Gasteiger partial charge in [0.25, 0.3) is 5.91 Å². The fourth-order valence-corrected chi connectivity index (χ4v) is 2.05. The minimum atomic E-state index is -0.352. The Morgan fingerprint density at radius 1 is 1.10 bits per heavy atom. The van der Waals surface area contributed by atoms with Crippen molar-refractivity contribution in [3.05, 3.63) is 66.4 Å². The smallest absolute Gasteiger partial charge is 0.259 e. The van der Waals surface area contributed by atoms with Gasteiger partial charge in [-0.2, -0.15) is 5.10 Å². The predicted octanol–water partition coefficient (Wildman–Crippen LogP) is 3.03. The van der Waals surface area contributed by atoms with E-state index in [-0.39, 0.29) is 17.2 Å². The van der Waals surface area contributed by atoms with Crippen LogP contribution >= 0.6 is 0 Å². The topological polar surface area (TPSA) is 78.0 Å². The van der Waals surface area contributed by atoms with Crippen molar-refractivity contribution >= 4 is 11.6 Å². The van der Waals surface area contributed by atoms with Crippen molar-refractivity contribution in [2.75, 3.05) is 5.32 Å². The number of rotatable bonds is 3. The minimum absolute atomic E-state index is 0.0419. The molecule has 0 spiro atoms.